The van der Waals surface area contributed by atoms with Crippen LogP contribution in [-0.4, -0.2) is 27.9 Å². The van der Waals surface area contributed by atoms with Crippen molar-refractivity contribution < 1.29 is 19.5 Å². The van der Waals surface area contributed by atoms with E-state index in [4.69, 9.17) is 5.11 Å². The first kappa shape index (κ1) is 14.7. The van der Waals surface area contributed by atoms with Gasteiger partial charge in [0.15, 0.2) is 5.69 Å². The normalized spacial score (nSPS) is 9.95. The number of carboxylic acids is 1. The van der Waals surface area contributed by atoms with Gasteiger partial charge in [0.1, 0.15) is 0 Å². The van der Waals surface area contributed by atoms with Crippen molar-refractivity contribution in [2.75, 3.05) is 10.6 Å². The topological polar surface area (TPSA) is 108 Å². The number of hydrogen-bond acceptors (Lipinski definition) is 5. The van der Waals surface area contributed by atoms with Gasteiger partial charge in [0.05, 0.1) is 15.6 Å². The predicted molar refractivity (Wildman–Crippen MR) is 77.8 cm³/mol. The van der Waals surface area contributed by atoms with Crippen LogP contribution in [0.1, 0.15) is 27.1 Å². The second kappa shape index (κ2) is 6.14. The van der Waals surface area contributed by atoms with Gasteiger partial charge in [-0.05, 0) is 24.3 Å². The van der Waals surface area contributed by atoms with Crippen LogP contribution in [-0.2, 0) is 4.79 Å². The molecule has 7 nitrogen and oxygen atoms in total. The summed E-state index contributed by atoms with van der Waals surface area (Å²) in [6, 6.07) is 6.13. The molecule has 3 N–H and O–H groups in total. The van der Waals surface area contributed by atoms with E-state index >= 15 is 0 Å². The van der Waals surface area contributed by atoms with Crippen molar-refractivity contribution in [2.45, 2.75) is 6.92 Å². The van der Waals surface area contributed by atoms with E-state index in [9.17, 15) is 14.4 Å². The Hall–Kier alpha value is -2.74. The molecule has 0 aliphatic rings. The molecule has 0 saturated heterocycles. The van der Waals surface area contributed by atoms with Gasteiger partial charge in [-0.1, -0.05) is 0 Å². The Morgan fingerprint density at radius 2 is 1.95 bits per heavy atom. The molecule has 0 aliphatic heterocycles. The van der Waals surface area contributed by atoms with Crippen molar-refractivity contribution in [3.63, 3.8) is 0 Å². The first-order chi connectivity index (χ1) is 9.97. The van der Waals surface area contributed by atoms with Crippen LogP contribution in [0.3, 0.4) is 0 Å². The number of aromatic nitrogens is 1. The van der Waals surface area contributed by atoms with Crippen molar-refractivity contribution in [1.82, 2.24) is 4.98 Å². The number of hydrogen-bond donors (Lipinski definition) is 3. The van der Waals surface area contributed by atoms with E-state index in [-0.39, 0.29) is 17.3 Å². The van der Waals surface area contributed by atoms with Gasteiger partial charge in [0, 0.05) is 13.1 Å². The van der Waals surface area contributed by atoms with Gasteiger partial charge < -0.3 is 15.7 Å². The highest BCUT2D eigenvalue weighted by atomic mass is 32.1. The molecule has 21 heavy (non-hydrogen) atoms. The number of carbonyl (C=O) groups excluding carboxylic acids is 2. The van der Waals surface area contributed by atoms with Gasteiger partial charge >= 0.3 is 5.97 Å². The van der Waals surface area contributed by atoms with E-state index in [2.05, 4.69) is 15.6 Å². The maximum atomic E-state index is 12.1. The van der Waals surface area contributed by atoms with Crippen LogP contribution in [0.15, 0.2) is 30.5 Å². The fraction of sp³-hybridized carbons (Fsp3) is 0.0769. The monoisotopic (exact) mass is 305 g/mol. The zero-order valence-electron chi connectivity index (χ0n) is 10.9. The SMILES string of the molecule is CC(=O)Nc1ccc(C(=O)Nc2cccnc2C(=O)O)s1. The zero-order chi connectivity index (χ0) is 15.4. The first-order valence-electron chi connectivity index (χ1n) is 5.84. The van der Waals surface area contributed by atoms with Gasteiger partial charge in [0.2, 0.25) is 5.91 Å². The summed E-state index contributed by atoms with van der Waals surface area (Å²) < 4.78 is 0. The standard InChI is InChI=1S/C13H11N3O4S/c1-7(17)15-10-5-4-9(21-10)12(18)16-8-3-2-6-14-11(8)13(19)20/h2-6H,1H3,(H,15,17)(H,16,18)(H,19,20). The van der Waals surface area contributed by atoms with Gasteiger partial charge in [-0.3, -0.25) is 9.59 Å². The number of rotatable bonds is 4. The second-order valence-corrected chi connectivity index (χ2v) is 5.09. The maximum Gasteiger partial charge on any atom is 0.356 e. The summed E-state index contributed by atoms with van der Waals surface area (Å²) in [6.45, 7) is 1.37. The Morgan fingerprint density at radius 1 is 1.19 bits per heavy atom. The third-order valence-corrected chi connectivity index (χ3v) is 3.39. The summed E-state index contributed by atoms with van der Waals surface area (Å²) in [7, 11) is 0. The summed E-state index contributed by atoms with van der Waals surface area (Å²) in [6.07, 6.45) is 1.33. The van der Waals surface area contributed by atoms with Crippen LogP contribution in [0, 0.1) is 0 Å². The largest absolute Gasteiger partial charge is 0.476 e. The molecular formula is C13H11N3O4S. The van der Waals surface area contributed by atoms with Crippen molar-refractivity contribution in [1.29, 1.82) is 0 Å². The maximum absolute atomic E-state index is 12.1. The molecule has 0 bridgehead atoms. The number of carbonyl (C=O) groups is 3. The molecule has 0 fully saturated rings. The molecule has 0 atom stereocenters. The minimum atomic E-state index is -1.23. The summed E-state index contributed by atoms with van der Waals surface area (Å²) in [5, 5.41) is 14.6. The predicted octanol–water partition coefficient (Wildman–Crippen LogP) is 2.05. The van der Waals surface area contributed by atoms with Crippen molar-refractivity contribution in [2.24, 2.45) is 0 Å². The van der Waals surface area contributed by atoms with Gasteiger partial charge in [-0.25, -0.2) is 9.78 Å². The third-order valence-electron chi connectivity index (χ3n) is 2.39. The lowest BCUT2D eigenvalue weighted by Gasteiger charge is -2.05. The molecular weight excluding hydrogens is 294 g/mol. The van der Waals surface area contributed by atoms with Gasteiger partial charge in [-0.2, -0.15) is 0 Å². The minimum Gasteiger partial charge on any atom is -0.476 e. The number of thiophene rings is 1. The van der Waals surface area contributed by atoms with Crippen LogP contribution in [0.5, 0.6) is 0 Å². The summed E-state index contributed by atoms with van der Waals surface area (Å²) in [4.78, 5) is 38.0. The number of nitrogens with zero attached hydrogens (tertiary/aromatic N) is 1. The number of amides is 2. The average molecular weight is 305 g/mol. The Bertz CT molecular complexity index is 711. The fourth-order valence-corrected chi connectivity index (χ4v) is 2.41. The highest BCUT2D eigenvalue weighted by molar-refractivity contribution is 7.18. The van der Waals surface area contributed by atoms with Gasteiger partial charge in [-0.15, -0.1) is 11.3 Å². The highest BCUT2D eigenvalue weighted by Gasteiger charge is 2.15. The highest BCUT2D eigenvalue weighted by Crippen LogP contribution is 2.23. The van der Waals surface area contributed by atoms with Crippen molar-refractivity contribution in [3.05, 3.63) is 41.0 Å². The molecule has 8 heteroatoms. The lowest BCUT2D eigenvalue weighted by molar-refractivity contribution is -0.114. The fourth-order valence-electron chi connectivity index (χ4n) is 1.56. The molecule has 2 heterocycles. The number of anilines is 2. The molecule has 0 aromatic carbocycles. The second-order valence-electron chi connectivity index (χ2n) is 4.00. The van der Waals surface area contributed by atoms with E-state index < -0.39 is 11.9 Å². The molecule has 0 unspecified atom stereocenters. The lowest BCUT2D eigenvalue weighted by atomic mass is 10.3. The van der Waals surface area contributed by atoms with E-state index in [1.165, 1.54) is 25.3 Å². The first-order valence-corrected chi connectivity index (χ1v) is 6.66. The summed E-state index contributed by atoms with van der Waals surface area (Å²) in [5.41, 5.74) is -0.117. The van der Waals surface area contributed by atoms with E-state index in [0.29, 0.717) is 9.88 Å². The summed E-state index contributed by atoms with van der Waals surface area (Å²) >= 11 is 1.09. The molecule has 0 aliphatic carbocycles. The quantitative estimate of drug-likeness (QED) is 0.801. The summed E-state index contributed by atoms with van der Waals surface area (Å²) in [5.74, 6) is -1.92. The Kier molecular flexibility index (Phi) is 4.29. The van der Waals surface area contributed by atoms with Gasteiger partial charge in [0.25, 0.3) is 5.91 Å². The Labute approximate surface area is 123 Å². The Balaban J connectivity index is 2.17. The molecule has 2 rings (SSSR count). The molecule has 0 spiro atoms. The van der Waals surface area contributed by atoms with Crippen molar-refractivity contribution in [3.8, 4) is 0 Å². The van der Waals surface area contributed by atoms with E-state index in [1.807, 2.05) is 0 Å². The molecule has 2 aromatic rings. The van der Waals surface area contributed by atoms with Crippen LogP contribution >= 0.6 is 11.3 Å². The van der Waals surface area contributed by atoms with E-state index in [1.54, 1.807) is 12.1 Å². The number of pyridine rings is 1. The van der Waals surface area contributed by atoms with Crippen LogP contribution in [0.4, 0.5) is 10.7 Å². The van der Waals surface area contributed by atoms with Crippen LogP contribution in [0.2, 0.25) is 0 Å². The van der Waals surface area contributed by atoms with Crippen LogP contribution < -0.4 is 10.6 Å². The average Bonchev–Trinajstić information content (AvgIpc) is 2.86. The minimum absolute atomic E-state index is 0.115. The van der Waals surface area contributed by atoms with Crippen LogP contribution in [0.25, 0.3) is 0 Å². The number of carboxylic acid groups (broad SMARTS) is 1. The van der Waals surface area contributed by atoms with E-state index in [0.717, 1.165) is 11.3 Å². The molecule has 2 amide bonds. The number of aromatic carboxylic acids is 1. The smallest absolute Gasteiger partial charge is 0.356 e. The number of nitrogens with one attached hydrogen (secondary N) is 2. The molecule has 0 saturated carbocycles. The van der Waals surface area contributed by atoms with Crippen molar-refractivity contribution >= 4 is 39.8 Å². The molecule has 2 aromatic heterocycles. The molecule has 108 valence electrons. The molecule has 0 radical (unpaired) electrons. The Morgan fingerprint density at radius 3 is 2.62 bits per heavy atom. The zero-order valence-corrected chi connectivity index (χ0v) is 11.7. The lowest BCUT2D eigenvalue weighted by Crippen LogP contribution is -2.14. The third kappa shape index (κ3) is 3.63.